The quantitative estimate of drug-likeness (QED) is 0.866. The van der Waals surface area contributed by atoms with Crippen LogP contribution in [0.25, 0.3) is 11.5 Å². The van der Waals surface area contributed by atoms with E-state index in [9.17, 15) is 0 Å². The minimum Gasteiger partial charge on any atom is -0.310 e. The van der Waals surface area contributed by atoms with E-state index in [2.05, 4.69) is 27.2 Å². The van der Waals surface area contributed by atoms with Crippen LogP contribution in [0.15, 0.2) is 24.8 Å². The van der Waals surface area contributed by atoms with Crippen LogP contribution in [0.4, 0.5) is 0 Å². The lowest BCUT2D eigenvalue weighted by Gasteiger charge is -2.17. The van der Waals surface area contributed by atoms with Gasteiger partial charge >= 0.3 is 0 Å². The molecule has 2 heterocycles. The maximum Gasteiger partial charge on any atom is 0.179 e. The van der Waals surface area contributed by atoms with E-state index in [1.807, 2.05) is 6.20 Å². The zero-order valence-electron chi connectivity index (χ0n) is 11.7. The van der Waals surface area contributed by atoms with Gasteiger partial charge in [0, 0.05) is 35.9 Å². The van der Waals surface area contributed by atoms with Gasteiger partial charge in [-0.15, -0.1) is 0 Å². The van der Waals surface area contributed by atoms with Gasteiger partial charge < -0.3 is 5.32 Å². The summed E-state index contributed by atoms with van der Waals surface area (Å²) in [6.07, 6.45) is 11.6. The third-order valence-electron chi connectivity index (χ3n) is 3.67. The zero-order chi connectivity index (χ0) is 13.8. The Morgan fingerprint density at radius 2 is 2.15 bits per heavy atom. The molecule has 1 N–H and O–H groups in total. The van der Waals surface area contributed by atoms with Crippen molar-refractivity contribution in [1.82, 2.24) is 25.3 Å². The molecule has 1 aliphatic carbocycles. The fourth-order valence-corrected chi connectivity index (χ4v) is 2.71. The van der Waals surface area contributed by atoms with Gasteiger partial charge in [0.2, 0.25) is 0 Å². The van der Waals surface area contributed by atoms with Gasteiger partial charge in [0.15, 0.2) is 5.82 Å². The number of nitrogens with zero attached hydrogens (tertiary/aromatic N) is 4. The fraction of sp³-hybridized carbons (Fsp3) is 0.467. The van der Waals surface area contributed by atoms with Crippen molar-refractivity contribution in [2.75, 3.05) is 6.54 Å². The molecule has 1 atom stereocenters. The lowest BCUT2D eigenvalue weighted by Crippen LogP contribution is -2.21. The van der Waals surface area contributed by atoms with Gasteiger partial charge in [0.25, 0.3) is 0 Å². The maximum absolute atomic E-state index is 4.72. The summed E-state index contributed by atoms with van der Waals surface area (Å²) in [6.45, 7) is 3.11. The first-order valence-corrected chi connectivity index (χ1v) is 7.24. The first-order valence-electron chi connectivity index (χ1n) is 7.24. The first-order chi connectivity index (χ1) is 9.88. The molecule has 0 spiro atoms. The largest absolute Gasteiger partial charge is 0.310 e. The number of fused-ring (bicyclic) bond motifs is 1. The molecule has 0 saturated carbocycles. The molecule has 5 heteroatoms. The third-order valence-corrected chi connectivity index (χ3v) is 3.67. The molecular formula is C15H19N5. The SMILES string of the molecule is CCNC1CCCCc2nc(-c3cnccn3)ncc21. The summed E-state index contributed by atoms with van der Waals surface area (Å²) in [5.41, 5.74) is 3.14. The first kappa shape index (κ1) is 13.1. The molecular weight excluding hydrogens is 250 g/mol. The standard InChI is InChI=1S/C15H19N5/c1-2-17-12-5-3-4-6-13-11(12)9-19-15(20-13)14-10-16-7-8-18-14/h7-10,12,17H,2-6H2,1H3. The summed E-state index contributed by atoms with van der Waals surface area (Å²) in [7, 11) is 0. The van der Waals surface area contributed by atoms with E-state index in [1.165, 1.54) is 18.4 Å². The second-order valence-corrected chi connectivity index (χ2v) is 5.04. The molecule has 0 amide bonds. The Labute approximate surface area is 118 Å². The molecule has 0 aromatic carbocycles. The van der Waals surface area contributed by atoms with Gasteiger partial charge in [0.05, 0.1) is 6.20 Å². The summed E-state index contributed by atoms with van der Waals surface area (Å²) in [5, 5.41) is 3.53. The van der Waals surface area contributed by atoms with Crippen molar-refractivity contribution in [1.29, 1.82) is 0 Å². The van der Waals surface area contributed by atoms with E-state index in [-0.39, 0.29) is 0 Å². The Morgan fingerprint density at radius 1 is 1.20 bits per heavy atom. The number of hydrogen-bond donors (Lipinski definition) is 1. The number of nitrogens with one attached hydrogen (secondary N) is 1. The highest BCUT2D eigenvalue weighted by Gasteiger charge is 2.20. The Bertz CT molecular complexity index is 570. The van der Waals surface area contributed by atoms with Crippen molar-refractivity contribution in [2.45, 2.75) is 38.6 Å². The number of rotatable bonds is 3. The molecule has 104 valence electrons. The molecule has 20 heavy (non-hydrogen) atoms. The van der Waals surface area contributed by atoms with E-state index >= 15 is 0 Å². The summed E-state index contributed by atoms with van der Waals surface area (Å²) in [5.74, 6) is 0.675. The fourth-order valence-electron chi connectivity index (χ4n) is 2.71. The van der Waals surface area contributed by atoms with Crippen LogP contribution in [0.3, 0.4) is 0 Å². The molecule has 0 radical (unpaired) electrons. The molecule has 0 saturated heterocycles. The van der Waals surface area contributed by atoms with E-state index in [0.29, 0.717) is 11.9 Å². The van der Waals surface area contributed by atoms with Gasteiger partial charge in [-0.25, -0.2) is 15.0 Å². The predicted octanol–water partition coefficient (Wildman–Crippen LogP) is 2.31. The van der Waals surface area contributed by atoms with Crippen LogP contribution in [0.1, 0.15) is 43.5 Å². The van der Waals surface area contributed by atoms with Gasteiger partial charge in [-0.05, 0) is 25.8 Å². The van der Waals surface area contributed by atoms with Crippen molar-refractivity contribution < 1.29 is 0 Å². The van der Waals surface area contributed by atoms with Gasteiger partial charge in [-0.2, -0.15) is 0 Å². The maximum atomic E-state index is 4.72. The van der Waals surface area contributed by atoms with E-state index in [0.717, 1.165) is 30.8 Å². The topological polar surface area (TPSA) is 63.6 Å². The summed E-state index contributed by atoms with van der Waals surface area (Å²) < 4.78 is 0. The molecule has 0 bridgehead atoms. The Kier molecular flexibility index (Phi) is 3.97. The molecule has 5 nitrogen and oxygen atoms in total. The molecule has 1 aliphatic rings. The molecule has 0 aliphatic heterocycles. The van der Waals surface area contributed by atoms with E-state index in [1.54, 1.807) is 18.6 Å². The highest BCUT2D eigenvalue weighted by Crippen LogP contribution is 2.28. The smallest absolute Gasteiger partial charge is 0.179 e. The van der Waals surface area contributed by atoms with Crippen LogP contribution in [0.5, 0.6) is 0 Å². The van der Waals surface area contributed by atoms with Gasteiger partial charge in [-0.1, -0.05) is 13.3 Å². The number of aryl methyl sites for hydroxylation is 1. The van der Waals surface area contributed by atoms with Crippen LogP contribution < -0.4 is 5.32 Å². The average molecular weight is 269 g/mol. The Hall–Kier alpha value is -1.88. The Balaban J connectivity index is 1.97. The van der Waals surface area contributed by atoms with E-state index in [4.69, 9.17) is 4.98 Å². The lowest BCUT2D eigenvalue weighted by molar-refractivity contribution is 0.502. The second-order valence-electron chi connectivity index (χ2n) is 5.04. The van der Waals surface area contributed by atoms with Crippen molar-refractivity contribution in [3.63, 3.8) is 0 Å². The minimum absolute atomic E-state index is 0.383. The van der Waals surface area contributed by atoms with Crippen molar-refractivity contribution in [3.05, 3.63) is 36.0 Å². The highest BCUT2D eigenvalue weighted by atomic mass is 15.0. The van der Waals surface area contributed by atoms with Crippen LogP contribution >= 0.6 is 0 Å². The van der Waals surface area contributed by atoms with Crippen molar-refractivity contribution >= 4 is 0 Å². The summed E-state index contributed by atoms with van der Waals surface area (Å²) in [4.78, 5) is 17.6. The minimum atomic E-state index is 0.383. The van der Waals surface area contributed by atoms with Gasteiger partial charge in [-0.3, -0.25) is 4.98 Å². The van der Waals surface area contributed by atoms with Crippen LogP contribution in [-0.4, -0.2) is 26.5 Å². The molecule has 3 rings (SSSR count). The number of hydrogen-bond acceptors (Lipinski definition) is 5. The number of aromatic nitrogens is 4. The molecule has 0 fully saturated rings. The summed E-state index contributed by atoms with van der Waals surface area (Å²) in [6, 6.07) is 0.383. The molecule has 2 aromatic heterocycles. The van der Waals surface area contributed by atoms with Gasteiger partial charge in [0.1, 0.15) is 5.69 Å². The lowest BCUT2D eigenvalue weighted by atomic mass is 10.0. The predicted molar refractivity (Wildman–Crippen MR) is 77.0 cm³/mol. The Morgan fingerprint density at radius 3 is 2.95 bits per heavy atom. The van der Waals surface area contributed by atoms with Crippen molar-refractivity contribution in [3.8, 4) is 11.5 Å². The third kappa shape index (κ3) is 2.67. The monoisotopic (exact) mass is 269 g/mol. The molecule has 2 aromatic rings. The second kappa shape index (κ2) is 6.05. The molecule has 1 unspecified atom stereocenters. The normalized spacial score (nSPS) is 18.4. The van der Waals surface area contributed by atoms with Crippen molar-refractivity contribution in [2.24, 2.45) is 0 Å². The van der Waals surface area contributed by atoms with Crippen LogP contribution in [0, 0.1) is 0 Å². The van der Waals surface area contributed by atoms with Crippen LogP contribution in [0.2, 0.25) is 0 Å². The zero-order valence-corrected chi connectivity index (χ0v) is 11.7. The van der Waals surface area contributed by atoms with E-state index < -0.39 is 0 Å². The highest BCUT2D eigenvalue weighted by molar-refractivity contribution is 5.47. The average Bonchev–Trinajstić information content (AvgIpc) is 2.71. The van der Waals surface area contributed by atoms with Crippen LogP contribution in [-0.2, 0) is 6.42 Å². The summed E-state index contributed by atoms with van der Waals surface area (Å²) >= 11 is 0.